The van der Waals surface area contributed by atoms with Gasteiger partial charge in [0.15, 0.2) is 5.13 Å². The maximum atomic E-state index is 12.4. The molecule has 19 heavy (non-hydrogen) atoms. The van der Waals surface area contributed by atoms with Gasteiger partial charge >= 0.3 is 0 Å². The van der Waals surface area contributed by atoms with Crippen molar-refractivity contribution in [3.63, 3.8) is 0 Å². The molecule has 1 saturated heterocycles. The zero-order chi connectivity index (χ0) is 13.2. The minimum absolute atomic E-state index is 0.119. The van der Waals surface area contributed by atoms with E-state index >= 15 is 0 Å². The maximum Gasteiger partial charge on any atom is 0.214 e. The van der Waals surface area contributed by atoms with Crippen LogP contribution in [0.2, 0.25) is 0 Å². The van der Waals surface area contributed by atoms with Crippen LogP contribution in [0.25, 0.3) is 0 Å². The molecule has 100 valence electrons. The summed E-state index contributed by atoms with van der Waals surface area (Å²) in [5.74, 6) is 0.119. The van der Waals surface area contributed by atoms with Gasteiger partial charge in [0.05, 0.1) is 10.6 Å². The number of anilines is 1. The average molecular weight is 292 g/mol. The molecule has 0 aromatic carbocycles. The van der Waals surface area contributed by atoms with E-state index in [-0.39, 0.29) is 5.78 Å². The Morgan fingerprint density at radius 2 is 2.11 bits per heavy atom. The highest BCUT2D eigenvalue weighted by molar-refractivity contribution is 7.19. The summed E-state index contributed by atoms with van der Waals surface area (Å²) in [5, 5.41) is 2.95. The fourth-order valence-electron chi connectivity index (χ4n) is 2.33. The van der Waals surface area contributed by atoms with Crippen molar-refractivity contribution in [3.05, 3.63) is 33.0 Å². The van der Waals surface area contributed by atoms with Crippen LogP contribution in [0.4, 0.5) is 5.13 Å². The van der Waals surface area contributed by atoms with Gasteiger partial charge in [-0.3, -0.25) is 4.79 Å². The van der Waals surface area contributed by atoms with E-state index in [2.05, 4.69) is 9.88 Å². The van der Waals surface area contributed by atoms with Gasteiger partial charge in [-0.1, -0.05) is 17.4 Å². The first-order valence-electron chi connectivity index (χ1n) is 6.56. The van der Waals surface area contributed by atoms with Gasteiger partial charge in [-0.25, -0.2) is 4.98 Å². The lowest BCUT2D eigenvalue weighted by Crippen LogP contribution is -2.29. The molecule has 1 fully saturated rings. The molecule has 1 aliphatic heterocycles. The van der Waals surface area contributed by atoms with Crippen molar-refractivity contribution in [3.8, 4) is 0 Å². The zero-order valence-corrected chi connectivity index (χ0v) is 12.5. The predicted molar refractivity (Wildman–Crippen MR) is 80.7 cm³/mol. The summed E-state index contributed by atoms with van der Waals surface area (Å²) < 4.78 is 0. The molecule has 0 atom stereocenters. The van der Waals surface area contributed by atoms with E-state index in [4.69, 9.17) is 0 Å². The molecule has 0 amide bonds. The molecule has 0 saturated carbocycles. The predicted octanol–water partition coefficient (Wildman–Crippen LogP) is 3.73. The van der Waals surface area contributed by atoms with Gasteiger partial charge < -0.3 is 4.90 Å². The van der Waals surface area contributed by atoms with Crippen LogP contribution < -0.4 is 4.90 Å². The topological polar surface area (TPSA) is 33.2 Å². The van der Waals surface area contributed by atoms with Crippen molar-refractivity contribution in [2.45, 2.75) is 26.2 Å². The van der Waals surface area contributed by atoms with Crippen LogP contribution in [0.1, 0.15) is 39.5 Å². The van der Waals surface area contributed by atoms with Crippen molar-refractivity contribution in [2.24, 2.45) is 0 Å². The first-order valence-corrected chi connectivity index (χ1v) is 8.26. The number of ketones is 1. The highest BCUT2D eigenvalue weighted by Gasteiger charge is 2.21. The van der Waals surface area contributed by atoms with E-state index < -0.39 is 0 Å². The molecule has 3 rings (SSSR count). The third-order valence-electron chi connectivity index (χ3n) is 3.36. The molecule has 0 N–H and O–H groups in total. The second-order valence-corrected chi connectivity index (χ2v) is 6.69. The number of carbonyl (C=O) groups is 1. The van der Waals surface area contributed by atoms with Crippen molar-refractivity contribution in [1.29, 1.82) is 0 Å². The van der Waals surface area contributed by atoms with Gasteiger partial charge in [-0.15, -0.1) is 11.3 Å². The molecule has 0 aliphatic carbocycles. The highest BCUT2D eigenvalue weighted by Crippen LogP contribution is 2.30. The van der Waals surface area contributed by atoms with Crippen LogP contribution >= 0.6 is 22.7 Å². The van der Waals surface area contributed by atoms with Crippen molar-refractivity contribution >= 4 is 33.6 Å². The second-order valence-electron chi connectivity index (χ2n) is 4.77. The normalized spacial score (nSPS) is 15.7. The van der Waals surface area contributed by atoms with Gasteiger partial charge in [0, 0.05) is 13.1 Å². The van der Waals surface area contributed by atoms with Gasteiger partial charge in [0.25, 0.3) is 0 Å². The minimum atomic E-state index is 0.119. The van der Waals surface area contributed by atoms with Gasteiger partial charge in [0.2, 0.25) is 5.78 Å². The SMILES string of the molecule is Cc1nc(N2CCCCC2)sc1C(=O)c1cccs1. The summed E-state index contributed by atoms with van der Waals surface area (Å²) in [6.45, 7) is 4.07. The number of hydrogen-bond donors (Lipinski definition) is 0. The molecule has 3 heterocycles. The molecular formula is C14H16N2OS2. The molecular weight excluding hydrogens is 276 g/mol. The van der Waals surface area contributed by atoms with E-state index in [1.54, 1.807) is 11.3 Å². The molecule has 2 aromatic heterocycles. The minimum Gasteiger partial charge on any atom is -0.348 e. The second kappa shape index (κ2) is 5.43. The zero-order valence-electron chi connectivity index (χ0n) is 10.9. The summed E-state index contributed by atoms with van der Waals surface area (Å²) in [4.78, 5) is 20.9. The van der Waals surface area contributed by atoms with E-state index in [0.29, 0.717) is 0 Å². The van der Waals surface area contributed by atoms with Crippen molar-refractivity contribution < 1.29 is 4.79 Å². The molecule has 1 aliphatic rings. The van der Waals surface area contributed by atoms with Crippen LogP contribution in [-0.4, -0.2) is 23.9 Å². The van der Waals surface area contributed by atoms with Crippen LogP contribution in [0, 0.1) is 6.92 Å². The third kappa shape index (κ3) is 2.58. The Labute approximate surface area is 120 Å². The molecule has 0 radical (unpaired) electrons. The summed E-state index contributed by atoms with van der Waals surface area (Å²) in [7, 11) is 0. The molecule has 5 heteroatoms. The van der Waals surface area contributed by atoms with E-state index in [1.807, 2.05) is 24.4 Å². The first kappa shape index (κ1) is 12.8. The molecule has 3 nitrogen and oxygen atoms in total. The third-order valence-corrected chi connectivity index (χ3v) is 5.45. The summed E-state index contributed by atoms with van der Waals surface area (Å²) in [6, 6.07) is 3.80. The number of rotatable bonds is 3. The standard InChI is InChI=1S/C14H16N2OS2/c1-10-13(12(17)11-6-5-9-18-11)19-14(15-10)16-7-3-2-4-8-16/h5-6,9H,2-4,7-8H2,1H3. The number of aryl methyl sites for hydroxylation is 1. The fourth-order valence-corrected chi connectivity index (χ4v) is 4.14. The monoisotopic (exact) mass is 292 g/mol. The van der Waals surface area contributed by atoms with Crippen LogP contribution in [-0.2, 0) is 0 Å². The number of carbonyl (C=O) groups excluding carboxylic acids is 1. The number of hydrogen-bond acceptors (Lipinski definition) is 5. The Balaban J connectivity index is 1.87. The number of aromatic nitrogens is 1. The van der Waals surface area contributed by atoms with Gasteiger partial charge in [0.1, 0.15) is 4.88 Å². The first-order chi connectivity index (χ1) is 9.25. The number of piperidine rings is 1. The lowest BCUT2D eigenvalue weighted by atomic mass is 10.1. The van der Waals surface area contributed by atoms with Crippen molar-refractivity contribution in [2.75, 3.05) is 18.0 Å². The largest absolute Gasteiger partial charge is 0.348 e. The fraction of sp³-hybridized carbons (Fsp3) is 0.429. The highest BCUT2D eigenvalue weighted by atomic mass is 32.1. The Kier molecular flexibility index (Phi) is 3.66. The van der Waals surface area contributed by atoms with E-state index in [0.717, 1.165) is 33.7 Å². The Bertz CT molecular complexity index is 568. The quantitative estimate of drug-likeness (QED) is 0.808. The lowest BCUT2D eigenvalue weighted by Gasteiger charge is -2.25. The van der Waals surface area contributed by atoms with Gasteiger partial charge in [-0.2, -0.15) is 0 Å². The summed E-state index contributed by atoms with van der Waals surface area (Å²) in [5.41, 5.74) is 0.865. The smallest absolute Gasteiger partial charge is 0.214 e. The van der Waals surface area contributed by atoms with Crippen LogP contribution in [0.5, 0.6) is 0 Å². The van der Waals surface area contributed by atoms with Crippen LogP contribution in [0.15, 0.2) is 17.5 Å². The lowest BCUT2D eigenvalue weighted by molar-refractivity contribution is 0.104. The Morgan fingerprint density at radius 3 is 2.79 bits per heavy atom. The molecule has 0 unspecified atom stereocenters. The number of thiophene rings is 1. The van der Waals surface area contributed by atoms with Crippen LogP contribution in [0.3, 0.4) is 0 Å². The van der Waals surface area contributed by atoms with E-state index in [1.165, 1.54) is 30.6 Å². The summed E-state index contributed by atoms with van der Waals surface area (Å²) >= 11 is 3.04. The molecule has 0 spiro atoms. The average Bonchev–Trinajstić information content (AvgIpc) is 3.08. The van der Waals surface area contributed by atoms with Crippen molar-refractivity contribution in [1.82, 2.24) is 4.98 Å². The summed E-state index contributed by atoms with van der Waals surface area (Å²) in [6.07, 6.45) is 3.77. The number of nitrogens with zero attached hydrogens (tertiary/aromatic N) is 2. The van der Waals surface area contributed by atoms with Gasteiger partial charge in [-0.05, 0) is 37.6 Å². The number of thiazole rings is 1. The maximum absolute atomic E-state index is 12.4. The molecule has 0 bridgehead atoms. The Morgan fingerprint density at radius 1 is 1.32 bits per heavy atom. The van der Waals surface area contributed by atoms with E-state index in [9.17, 15) is 4.79 Å². The molecule has 2 aromatic rings. The Hall–Kier alpha value is -1.20.